The number of para-hydroxylation sites is 1. The van der Waals surface area contributed by atoms with Gasteiger partial charge >= 0.3 is 0 Å². The summed E-state index contributed by atoms with van der Waals surface area (Å²) in [5, 5.41) is 12.5. The molecule has 0 saturated carbocycles. The number of rotatable bonds is 4. The normalized spacial score (nSPS) is 9.80. The van der Waals surface area contributed by atoms with Crippen molar-refractivity contribution in [3.05, 3.63) is 53.7 Å². The quantitative estimate of drug-likeness (QED) is 0.876. The Kier molecular flexibility index (Phi) is 4.75. The predicted molar refractivity (Wildman–Crippen MR) is 79.5 cm³/mol. The molecule has 0 radical (unpaired) electrons. The van der Waals surface area contributed by atoms with Gasteiger partial charge in [0.1, 0.15) is 11.1 Å². The van der Waals surface area contributed by atoms with Gasteiger partial charge in [-0.25, -0.2) is 4.98 Å². The zero-order chi connectivity index (χ0) is 14.4. The Morgan fingerprint density at radius 2 is 2.10 bits per heavy atom. The fourth-order valence-electron chi connectivity index (χ4n) is 1.63. The van der Waals surface area contributed by atoms with Crippen molar-refractivity contribution in [2.45, 2.75) is 11.9 Å². The first-order valence-corrected chi connectivity index (χ1v) is 7.02. The van der Waals surface area contributed by atoms with Crippen LogP contribution in [0.4, 0.5) is 5.69 Å². The van der Waals surface area contributed by atoms with Crippen molar-refractivity contribution in [1.29, 1.82) is 5.26 Å². The third-order valence-electron chi connectivity index (χ3n) is 2.63. The number of aromatic nitrogens is 1. The lowest BCUT2D eigenvalue weighted by atomic mass is 10.2. The van der Waals surface area contributed by atoms with Crippen LogP contribution in [0.2, 0.25) is 0 Å². The molecule has 0 fully saturated rings. The molecule has 0 unspecified atom stereocenters. The Labute approximate surface area is 121 Å². The monoisotopic (exact) mass is 283 g/mol. The molecule has 4 nitrogen and oxygen atoms in total. The highest BCUT2D eigenvalue weighted by atomic mass is 32.2. The van der Waals surface area contributed by atoms with E-state index < -0.39 is 0 Å². The van der Waals surface area contributed by atoms with E-state index in [1.807, 2.05) is 37.3 Å². The third-order valence-corrected chi connectivity index (χ3v) is 3.62. The Balaban J connectivity index is 1.98. The lowest BCUT2D eigenvalue weighted by molar-refractivity contribution is -0.113. The first-order chi connectivity index (χ1) is 9.70. The van der Waals surface area contributed by atoms with Crippen molar-refractivity contribution in [3.63, 3.8) is 0 Å². The van der Waals surface area contributed by atoms with E-state index >= 15 is 0 Å². The van der Waals surface area contributed by atoms with Gasteiger partial charge < -0.3 is 5.32 Å². The summed E-state index contributed by atoms with van der Waals surface area (Å²) in [5.74, 6) is 0.105. The van der Waals surface area contributed by atoms with Gasteiger partial charge in [0.05, 0.1) is 11.3 Å². The molecule has 0 saturated heterocycles. The SMILES string of the molecule is Cc1ccnc(SCC(=O)Nc2ccccc2)c1C#N. The molecule has 0 aliphatic carbocycles. The minimum absolute atomic E-state index is 0.117. The van der Waals surface area contributed by atoms with Crippen LogP contribution in [0.25, 0.3) is 0 Å². The van der Waals surface area contributed by atoms with Crippen molar-refractivity contribution in [2.24, 2.45) is 0 Å². The minimum Gasteiger partial charge on any atom is -0.325 e. The maximum absolute atomic E-state index is 11.8. The van der Waals surface area contributed by atoms with E-state index in [9.17, 15) is 4.79 Å². The molecule has 1 aromatic heterocycles. The molecule has 0 aliphatic rings. The summed E-state index contributed by atoms with van der Waals surface area (Å²) in [5.41, 5.74) is 2.16. The largest absolute Gasteiger partial charge is 0.325 e. The molecule has 2 aromatic rings. The zero-order valence-corrected chi connectivity index (χ0v) is 11.8. The summed E-state index contributed by atoms with van der Waals surface area (Å²) in [4.78, 5) is 16.0. The van der Waals surface area contributed by atoms with Gasteiger partial charge in [-0.1, -0.05) is 30.0 Å². The van der Waals surface area contributed by atoms with E-state index in [0.717, 1.165) is 11.3 Å². The van der Waals surface area contributed by atoms with Crippen LogP contribution in [0.15, 0.2) is 47.6 Å². The third kappa shape index (κ3) is 3.59. The van der Waals surface area contributed by atoms with Gasteiger partial charge in [0.25, 0.3) is 0 Å². The second-order valence-electron chi connectivity index (χ2n) is 4.12. The molecule has 0 spiro atoms. The van der Waals surface area contributed by atoms with Crippen LogP contribution in [0.1, 0.15) is 11.1 Å². The van der Waals surface area contributed by atoms with Gasteiger partial charge in [-0.2, -0.15) is 5.26 Å². The maximum atomic E-state index is 11.8. The van der Waals surface area contributed by atoms with Gasteiger partial charge in [-0.3, -0.25) is 4.79 Å². The minimum atomic E-state index is -0.117. The molecule has 20 heavy (non-hydrogen) atoms. The summed E-state index contributed by atoms with van der Waals surface area (Å²) in [6.45, 7) is 1.86. The number of anilines is 1. The lowest BCUT2D eigenvalue weighted by Crippen LogP contribution is -2.14. The molecule has 5 heteroatoms. The maximum Gasteiger partial charge on any atom is 0.234 e. The Hall–Kier alpha value is -2.32. The molecule has 0 bridgehead atoms. The van der Waals surface area contributed by atoms with Crippen LogP contribution in [0.5, 0.6) is 0 Å². The smallest absolute Gasteiger partial charge is 0.234 e. The average Bonchev–Trinajstić information content (AvgIpc) is 2.46. The summed E-state index contributed by atoms with van der Waals surface area (Å²) in [6.07, 6.45) is 1.65. The molecular formula is C15H13N3OS. The molecule has 1 N–H and O–H groups in total. The standard InChI is InChI=1S/C15H13N3OS/c1-11-7-8-17-15(13(11)9-16)20-10-14(19)18-12-5-3-2-4-6-12/h2-8H,10H2,1H3,(H,18,19). The Morgan fingerprint density at radius 1 is 1.35 bits per heavy atom. The number of benzene rings is 1. The van der Waals surface area contributed by atoms with Gasteiger partial charge in [0.15, 0.2) is 0 Å². The average molecular weight is 283 g/mol. The number of pyridine rings is 1. The number of nitrogens with zero attached hydrogens (tertiary/aromatic N) is 2. The topological polar surface area (TPSA) is 65.8 Å². The van der Waals surface area contributed by atoms with Crippen molar-refractivity contribution >= 4 is 23.4 Å². The van der Waals surface area contributed by atoms with Crippen molar-refractivity contribution in [1.82, 2.24) is 4.98 Å². The molecule has 0 atom stereocenters. The molecule has 100 valence electrons. The molecule has 1 amide bonds. The Bertz CT molecular complexity index is 650. The van der Waals surface area contributed by atoms with Crippen LogP contribution in [-0.4, -0.2) is 16.6 Å². The molecular weight excluding hydrogens is 270 g/mol. The van der Waals surface area contributed by atoms with E-state index in [1.165, 1.54) is 11.8 Å². The van der Waals surface area contributed by atoms with E-state index in [2.05, 4.69) is 16.4 Å². The van der Waals surface area contributed by atoms with E-state index in [-0.39, 0.29) is 11.7 Å². The van der Waals surface area contributed by atoms with Crippen molar-refractivity contribution in [3.8, 4) is 6.07 Å². The molecule has 2 rings (SSSR count). The van der Waals surface area contributed by atoms with E-state index in [4.69, 9.17) is 5.26 Å². The van der Waals surface area contributed by atoms with Gasteiger partial charge in [0.2, 0.25) is 5.91 Å². The van der Waals surface area contributed by atoms with Gasteiger partial charge in [0, 0.05) is 11.9 Å². The second-order valence-corrected chi connectivity index (χ2v) is 5.09. The van der Waals surface area contributed by atoms with Crippen molar-refractivity contribution < 1.29 is 4.79 Å². The van der Waals surface area contributed by atoms with Crippen LogP contribution in [0, 0.1) is 18.3 Å². The summed E-state index contributed by atoms with van der Waals surface area (Å²) in [6, 6.07) is 13.2. The number of amides is 1. The van der Waals surface area contributed by atoms with Gasteiger partial charge in [-0.05, 0) is 30.7 Å². The summed E-state index contributed by atoms with van der Waals surface area (Å²) >= 11 is 1.27. The lowest BCUT2D eigenvalue weighted by Gasteiger charge is -2.06. The van der Waals surface area contributed by atoms with Crippen LogP contribution >= 0.6 is 11.8 Å². The summed E-state index contributed by atoms with van der Waals surface area (Å²) in [7, 11) is 0. The number of aryl methyl sites for hydroxylation is 1. The second kappa shape index (κ2) is 6.73. The molecule has 1 aromatic carbocycles. The number of carbonyl (C=O) groups is 1. The van der Waals surface area contributed by atoms with Crippen molar-refractivity contribution in [2.75, 3.05) is 11.1 Å². The number of nitriles is 1. The van der Waals surface area contributed by atoms with Gasteiger partial charge in [-0.15, -0.1) is 0 Å². The summed E-state index contributed by atoms with van der Waals surface area (Å²) < 4.78 is 0. The zero-order valence-electron chi connectivity index (χ0n) is 11.0. The van der Waals surface area contributed by atoms with Crippen LogP contribution in [0.3, 0.4) is 0 Å². The highest BCUT2D eigenvalue weighted by Crippen LogP contribution is 2.22. The number of hydrogen-bond acceptors (Lipinski definition) is 4. The number of thioether (sulfide) groups is 1. The predicted octanol–water partition coefficient (Wildman–Crippen LogP) is 2.99. The molecule has 0 aliphatic heterocycles. The first-order valence-electron chi connectivity index (χ1n) is 6.04. The highest BCUT2D eigenvalue weighted by Gasteiger charge is 2.10. The Morgan fingerprint density at radius 3 is 2.80 bits per heavy atom. The number of nitrogens with one attached hydrogen (secondary N) is 1. The van der Waals surface area contributed by atoms with Crippen LogP contribution < -0.4 is 5.32 Å². The molecule has 1 heterocycles. The first kappa shape index (κ1) is 14.1. The highest BCUT2D eigenvalue weighted by molar-refractivity contribution is 8.00. The van der Waals surface area contributed by atoms with Crippen LogP contribution in [-0.2, 0) is 4.79 Å². The number of hydrogen-bond donors (Lipinski definition) is 1. The number of carbonyl (C=O) groups excluding carboxylic acids is 1. The van der Waals surface area contributed by atoms with E-state index in [0.29, 0.717) is 10.6 Å². The van der Waals surface area contributed by atoms with E-state index in [1.54, 1.807) is 12.3 Å². The fraction of sp³-hybridized carbons (Fsp3) is 0.133. The fourth-order valence-corrected chi connectivity index (χ4v) is 2.46.